The highest BCUT2D eigenvalue weighted by molar-refractivity contribution is 7.99. The lowest BCUT2D eigenvalue weighted by atomic mass is 10.00. The van der Waals surface area contributed by atoms with E-state index >= 15 is 0 Å². The van der Waals surface area contributed by atoms with Crippen LogP contribution in [0, 0.1) is 11.8 Å². The van der Waals surface area contributed by atoms with Crippen molar-refractivity contribution in [3.63, 3.8) is 0 Å². The Kier molecular flexibility index (Phi) is 11.6. The van der Waals surface area contributed by atoms with Crippen LogP contribution in [0.1, 0.15) is 39.5 Å². The molecule has 3 saturated heterocycles. The van der Waals surface area contributed by atoms with Crippen LogP contribution in [0.2, 0.25) is 0 Å². The zero-order valence-corrected chi connectivity index (χ0v) is 17.2. The second-order valence-electron chi connectivity index (χ2n) is 7.89. The Hall–Kier alpha value is 0.230. The molecule has 0 spiro atoms. The summed E-state index contributed by atoms with van der Waals surface area (Å²) < 4.78 is 0. The van der Waals surface area contributed by atoms with E-state index in [-0.39, 0.29) is 0 Å². The maximum Gasteiger partial charge on any atom is 0.00696 e. The molecular weight excluding hydrogens is 302 g/mol. The Bertz CT molecular complexity index is 226. The SMILES string of the molecule is CC1CCN(C)CC1.CC1CCN(C)CC1.CN1CCSCC1. The van der Waals surface area contributed by atoms with Crippen molar-refractivity contribution in [2.24, 2.45) is 11.8 Å². The molecule has 3 aliphatic rings. The molecule has 0 radical (unpaired) electrons. The molecule has 3 fully saturated rings. The zero-order chi connectivity index (χ0) is 17.1. The predicted octanol–water partition coefficient (Wildman–Crippen LogP) is 3.36. The fraction of sp³-hybridized carbons (Fsp3) is 1.00. The van der Waals surface area contributed by atoms with Gasteiger partial charge in [0, 0.05) is 24.6 Å². The Balaban J connectivity index is 0.000000173. The average Bonchev–Trinajstić information content (AvgIpc) is 2.55. The summed E-state index contributed by atoms with van der Waals surface area (Å²) in [7, 11) is 6.58. The third-order valence-electron chi connectivity index (χ3n) is 5.25. The van der Waals surface area contributed by atoms with Crippen LogP contribution in [0.25, 0.3) is 0 Å². The minimum atomic E-state index is 0.978. The molecule has 3 aliphatic heterocycles. The van der Waals surface area contributed by atoms with Gasteiger partial charge in [-0.05, 0) is 84.8 Å². The monoisotopic (exact) mass is 343 g/mol. The van der Waals surface area contributed by atoms with Crippen molar-refractivity contribution < 1.29 is 0 Å². The fourth-order valence-electron chi connectivity index (χ4n) is 2.93. The van der Waals surface area contributed by atoms with E-state index in [9.17, 15) is 0 Å². The van der Waals surface area contributed by atoms with Gasteiger partial charge in [-0.25, -0.2) is 0 Å². The summed E-state index contributed by atoms with van der Waals surface area (Å²) >= 11 is 2.06. The lowest BCUT2D eigenvalue weighted by molar-refractivity contribution is 0.230. The third kappa shape index (κ3) is 11.4. The average molecular weight is 344 g/mol. The minimum absolute atomic E-state index is 0.978. The van der Waals surface area contributed by atoms with E-state index < -0.39 is 0 Å². The number of thioether (sulfide) groups is 1. The van der Waals surface area contributed by atoms with E-state index in [1.54, 1.807) is 0 Å². The van der Waals surface area contributed by atoms with Crippen molar-refractivity contribution in [3.8, 4) is 0 Å². The van der Waals surface area contributed by atoms with Crippen LogP contribution in [-0.2, 0) is 0 Å². The number of rotatable bonds is 0. The van der Waals surface area contributed by atoms with E-state index in [4.69, 9.17) is 0 Å². The Morgan fingerprint density at radius 1 is 0.565 bits per heavy atom. The number of nitrogens with zero attached hydrogens (tertiary/aromatic N) is 3. The molecule has 0 amide bonds. The summed E-state index contributed by atoms with van der Waals surface area (Å²) in [5.41, 5.74) is 0. The van der Waals surface area contributed by atoms with Crippen LogP contribution >= 0.6 is 11.8 Å². The fourth-order valence-corrected chi connectivity index (χ4v) is 4.02. The third-order valence-corrected chi connectivity index (χ3v) is 6.19. The van der Waals surface area contributed by atoms with Crippen LogP contribution in [0.15, 0.2) is 0 Å². The van der Waals surface area contributed by atoms with Crippen LogP contribution in [0.3, 0.4) is 0 Å². The van der Waals surface area contributed by atoms with E-state index in [1.165, 1.54) is 76.5 Å². The van der Waals surface area contributed by atoms with Crippen LogP contribution in [-0.4, -0.2) is 86.6 Å². The second-order valence-corrected chi connectivity index (χ2v) is 9.11. The van der Waals surface area contributed by atoms with Crippen molar-refractivity contribution >= 4 is 11.8 Å². The zero-order valence-electron chi connectivity index (χ0n) is 16.4. The molecular formula is C19H41N3S. The van der Waals surface area contributed by atoms with E-state index in [2.05, 4.69) is 61.5 Å². The minimum Gasteiger partial charge on any atom is -0.306 e. The molecule has 3 rings (SSSR count). The molecule has 3 heterocycles. The van der Waals surface area contributed by atoms with Crippen molar-refractivity contribution in [1.29, 1.82) is 0 Å². The normalized spacial score (nSPS) is 26.0. The Labute approximate surface area is 150 Å². The molecule has 0 unspecified atom stereocenters. The van der Waals surface area contributed by atoms with Gasteiger partial charge >= 0.3 is 0 Å². The van der Waals surface area contributed by atoms with E-state index in [0.717, 1.165) is 11.8 Å². The summed E-state index contributed by atoms with van der Waals surface area (Å²) in [5, 5.41) is 0. The van der Waals surface area contributed by atoms with Crippen molar-refractivity contribution in [2.45, 2.75) is 39.5 Å². The number of hydrogen-bond acceptors (Lipinski definition) is 4. The highest BCUT2D eigenvalue weighted by Crippen LogP contribution is 2.14. The molecule has 0 aliphatic carbocycles. The quantitative estimate of drug-likeness (QED) is 0.667. The summed E-state index contributed by atoms with van der Waals surface area (Å²) in [4.78, 5) is 7.18. The standard InChI is InChI=1S/2C7H15N.C5H11NS/c2*1-7-3-5-8(2)6-4-7;1-6-2-4-7-5-3-6/h2*7H,3-6H2,1-2H3;2-5H2,1H3. The Morgan fingerprint density at radius 2 is 0.870 bits per heavy atom. The van der Waals surface area contributed by atoms with Gasteiger partial charge in [-0.3, -0.25) is 0 Å². The molecule has 138 valence electrons. The second kappa shape index (κ2) is 12.6. The van der Waals surface area contributed by atoms with Gasteiger partial charge in [0.2, 0.25) is 0 Å². The first-order chi connectivity index (χ1) is 11.0. The maximum atomic E-state index is 2.40. The van der Waals surface area contributed by atoms with Gasteiger partial charge in [0.25, 0.3) is 0 Å². The summed E-state index contributed by atoms with van der Waals surface area (Å²) in [6.07, 6.45) is 5.60. The lowest BCUT2D eigenvalue weighted by Crippen LogP contribution is -2.28. The molecule has 0 saturated carbocycles. The number of hydrogen-bond donors (Lipinski definition) is 0. The van der Waals surface area contributed by atoms with Gasteiger partial charge in [-0.1, -0.05) is 13.8 Å². The van der Waals surface area contributed by atoms with Gasteiger partial charge in [0.1, 0.15) is 0 Å². The predicted molar refractivity (Wildman–Crippen MR) is 107 cm³/mol. The molecule has 0 aromatic carbocycles. The van der Waals surface area contributed by atoms with E-state index in [0.29, 0.717) is 0 Å². The summed E-state index contributed by atoms with van der Waals surface area (Å²) in [5.74, 6) is 4.62. The molecule has 4 heteroatoms. The first-order valence-corrected chi connectivity index (χ1v) is 10.8. The lowest BCUT2D eigenvalue weighted by Gasteiger charge is -2.26. The molecule has 0 aromatic heterocycles. The van der Waals surface area contributed by atoms with Gasteiger partial charge in [-0.2, -0.15) is 11.8 Å². The van der Waals surface area contributed by atoms with Crippen molar-refractivity contribution in [1.82, 2.24) is 14.7 Å². The van der Waals surface area contributed by atoms with Crippen molar-refractivity contribution in [3.05, 3.63) is 0 Å². The summed E-state index contributed by atoms with van der Waals surface area (Å²) in [6.45, 7) is 12.5. The Morgan fingerprint density at radius 3 is 1.09 bits per heavy atom. The topological polar surface area (TPSA) is 9.72 Å². The van der Waals surface area contributed by atoms with Crippen molar-refractivity contribution in [2.75, 3.05) is 71.9 Å². The molecule has 0 aromatic rings. The molecule has 23 heavy (non-hydrogen) atoms. The maximum absolute atomic E-state index is 2.40. The van der Waals surface area contributed by atoms with Crippen LogP contribution in [0.5, 0.6) is 0 Å². The van der Waals surface area contributed by atoms with E-state index in [1.807, 2.05) is 0 Å². The molecule has 0 N–H and O–H groups in total. The number of likely N-dealkylation sites (tertiary alicyclic amines) is 2. The molecule has 0 atom stereocenters. The van der Waals surface area contributed by atoms with Gasteiger partial charge in [0.15, 0.2) is 0 Å². The smallest absolute Gasteiger partial charge is 0.00696 e. The summed E-state index contributed by atoms with van der Waals surface area (Å²) in [6, 6.07) is 0. The largest absolute Gasteiger partial charge is 0.306 e. The van der Waals surface area contributed by atoms with Gasteiger partial charge < -0.3 is 14.7 Å². The van der Waals surface area contributed by atoms with Gasteiger partial charge in [0.05, 0.1) is 0 Å². The van der Waals surface area contributed by atoms with Crippen LogP contribution in [0.4, 0.5) is 0 Å². The first-order valence-electron chi connectivity index (χ1n) is 9.60. The van der Waals surface area contributed by atoms with Crippen LogP contribution < -0.4 is 0 Å². The molecule has 3 nitrogen and oxygen atoms in total. The van der Waals surface area contributed by atoms with Gasteiger partial charge in [-0.15, -0.1) is 0 Å². The first kappa shape index (κ1) is 21.3. The highest BCUT2D eigenvalue weighted by atomic mass is 32.2. The number of piperidine rings is 2. The molecule has 0 bridgehead atoms. The highest BCUT2D eigenvalue weighted by Gasteiger charge is 2.11.